The summed E-state index contributed by atoms with van der Waals surface area (Å²) in [5.74, 6) is 0.188. The summed E-state index contributed by atoms with van der Waals surface area (Å²) >= 11 is 0. The summed E-state index contributed by atoms with van der Waals surface area (Å²) in [6.07, 6.45) is 2.34. The van der Waals surface area contributed by atoms with Crippen LogP contribution >= 0.6 is 0 Å². The van der Waals surface area contributed by atoms with E-state index < -0.39 is 0 Å². The Kier molecular flexibility index (Phi) is 3.79. The van der Waals surface area contributed by atoms with Crippen molar-refractivity contribution < 1.29 is 4.79 Å². The number of hydrogen-bond donors (Lipinski definition) is 0. The minimum atomic E-state index is 0.188. The molecule has 0 spiro atoms. The zero-order valence-electron chi connectivity index (χ0n) is 10.6. The fourth-order valence-electron chi connectivity index (χ4n) is 2.38. The van der Waals surface area contributed by atoms with E-state index >= 15 is 0 Å². The summed E-state index contributed by atoms with van der Waals surface area (Å²) in [5, 5.41) is 0. The first-order valence-corrected chi connectivity index (χ1v) is 6.17. The Labute approximate surface area is 103 Å². The van der Waals surface area contributed by atoms with Crippen LogP contribution in [0.15, 0.2) is 30.3 Å². The van der Waals surface area contributed by atoms with Crippen molar-refractivity contribution in [3.8, 4) is 0 Å². The van der Waals surface area contributed by atoms with E-state index in [1.54, 1.807) is 4.90 Å². The van der Waals surface area contributed by atoms with Gasteiger partial charge in [0.2, 0.25) is 5.91 Å². The van der Waals surface area contributed by atoms with Crippen molar-refractivity contribution in [1.29, 1.82) is 0 Å². The molecule has 17 heavy (non-hydrogen) atoms. The van der Waals surface area contributed by atoms with E-state index in [9.17, 15) is 4.79 Å². The molecule has 1 aromatic rings. The molecule has 1 atom stereocenters. The SMILES string of the molecule is CN(C)C(=O)CN1CCCC1c1ccccc1. The fourth-order valence-corrected chi connectivity index (χ4v) is 2.38. The Morgan fingerprint density at radius 2 is 2.06 bits per heavy atom. The van der Waals surface area contributed by atoms with Gasteiger partial charge in [0.05, 0.1) is 6.54 Å². The van der Waals surface area contributed by atoms with Crippen molar-refractivity contribution >= 4 is 5.91 Å². The normalized spacial score (nSPS) is 20.5. The molecule has 0 aromatic heterocycles. The second-order valence-corrected chi connectivity index (χ2v) is 4.83. The van der Waals surface area contributed by atoms with E-state index in [0.717, 1.165) is 13.0 Å². The van der Waals surface area contributed by atoms with Crippen molar-refractivity contribution in [3.05, 3.63) is 35.9 Å². The molecule has 0 N–H and O–H groups in total. The van der Waals surface area contributed by atoms with Crippen LogP contribution in [-0.2, 0) is 4.79 Å². The average Bonchev–Trinajstić information content (AvgIpc) is 2.78. The van der Waals surface area contributed by atoms with Gasteiger partial charge in [0.1, 0.15) is 0 Å². The standard InChI is InChI=1S/C14H20N2O/c1-15(2)14(17)11-16-10-6-9-13(16)12-7-4-3-5-8-12/h3-5,7-8,13H,6,9-11H2,1-2H3. The second-order valence-electron chi connectivity index (χ2n) is 4.83. The topological polar surface area (TPSA) is 23.6 Å². The lowest BCUT2D eigenvalue weighted by Gasteiger charge is -2.25. The minimum absolute atomic E-state index is 0.188. The quantitative estimate of drug-likeness (QED) is 0.795. The number of likely N-dealkylation sites (tertiary alicyclic amines) is 1. The summed E-state index contributed by atoms with van der Waals surface area (Å²) < 4.78 is 0. The fraction of sp³-hybridized carbons (Fsp3) is 0.500. The van der Waals surface area contributed by atoms with E-state index in [0.29, 0.717) is 12.6 Å². The van der Waals surface area contributed by atoms with Crippen LogP contribution in [0.1, 0.15) is 24.4 Å². The maximum absolute atomic E-state index is 11.8. The van der Waals surface area contributed by atoms with Gasteiger partial charge in [-0.25, -0.2) is 0 Å². The third-order valence-corrected chi connectivity index (χ3v) is 3.39. The molecule has 1 fully saturated rings. The molecule has 0 aliphatic carbocycles. The van der Waals surface area contributed by atoms with E-state index in [1.807, 2.05) is 20.2 Å². The molecule has 1 aliphatic heterocycles. The molecule has 1 saturated heterocycles. The van der Waals surface area contributed by atoms with Crippen LogP contribution < -0.4 is 0 Å². The first-order valence-electron chi connectivity index (χ1n) is 6.17. The molecule has 0 bridgehead atoms. The second kappa shape index (κ2) is 5.32. The molecular weight excluding hydrogens is 212 g/mol. The summed E-state index contributed by atoms with van der Waals surface area (Å²) in [4.78, 5) is 15.7. The van der Waals surface area contributed by atoms with Crippen LogP contribution in [-0.4, -0.2) is 42.9 Å². The Hall–Kier alpha value is -1.35. The molecule has 3 nitrogen and oxygen atoms in total. The van der Waals surface area contributed by atoms with Crippen molar-refractivity contribution in [2.75, 3.05) is 27.2 Å². The molecule has 1 heterocycles. The molecule has 2 rings (SSSR count). The maximum Gasteiger partial charge on any atom is 0.236 e. The lowest BCUT2D eigenvalue weighted by atomic mass is 10.0. The number of likely N-dealkylation sites (N-methyl/N-ethyl adjacent to an activating group) is 1. The van der Waals surface area contributed by atoms with Gasteiger partial charge in [-0.05, 0) is 24.9 Å². The average molecular weight is 232 g/mol. The van der Waals surface area contributed by atoms with Crippen LogP contribution in [0.25, 0.3) is 0 Å². The number of rotatable bonds is 3. The third kappa shape index (κ3) is 2.86. The van der Waals surface area contributed by atoms with Crippen LogP contribution in [0.4, 0.5) is 0 Å². The third-order valence-electron chi connectivity index (χ3n) is 3.39. The van der Waals surface area contributed by atoms with Crippen molar-refractivity contribution in [2.45, 2.75) is 18.9 Å². The van der Waals surface area contributed by atoms with Gasteiger partial charge < -0.3 is 4.90 Å². The zero-order valence-corrected chi connectivity index (χ0v) is 10.6. The van der Waals surface area contributed by atoms with Gasteiger partial charge in [-0.15, -0.1) is 0 Å². The van der Waals surface area contributed by atoms with Crippen molar-refractivity contribution in [3.63, 3.8) is 0 Å². The number of carbonyl (C=O) groups is 1. The molecule has 1 unspecified atom stereocenters. The van der Waals surface area contributed by atoms with Gasteiger partial charge in [0.25, 0.3) is 0 Å². The van der Waals surface area contributed by atoms with Crippen LogP contribution in [0.5, 0.6) is 0 Å². The molecular formula is C14H20N2O. The van der Waals surface area contributed by atoms with Crippen molar-refractivity contribution in [1.82, 2.24) is 9.80 Å². The largest absolute Gasteiger partial charge is 0.348 e. The Balaban J connectivity index is 2.05. The van der Waals surface area contributed by atoms with Crippen LogP contribution in [0.2, 0.25) is 0 Å². The predicted octanol–water partition coefficient (Wildman–Crippen LogP) is 1.91. The smallest absolute Gasteiger partial charge is 0.236 e. The van der Waals surface area contributed by atoms with Gasteiger partial charge in [-0.1, -0.05) is 30.3 Å². The molecule has 92 valence electrons. The van der Waals surface area contributed by atoms with E-state index in [2.05, 4.69) is 29.2 Å². The van der Waals surface area contributed by atoms with Crippen molar-refractivity contribution in [2.24, 2.45) is 0 Å². The molecule has 1 amide bonds. The molecule has 1 aliphatic rings. The van der Waals surface area contributed by atoms with Gasteiger partial charge >= 0.3 is 0 Å². The Morgan fingerprint density at radius 3 is 2.71 bits per heavy atom. The highest BCUT2D eigenvalue weighted by Gasteiger charge is 2.27. The Morgan fingerprint density at radius 1 is 1.35 bits per heavy atom. The summed E-state index contributed by atoms with van der Waals surface area (Å²) in [6.45, 7) is 1.56. The van der Waals surface area contributed by atoms with Gasteiger partial charge in [-0.2, -0.15) is 0 Å². The summed E-state index contributed by atoms with van der Waals surface area (Å²) in [6, 6.07) is 10.9. The zero-order chi connectivity index (χ0) is 12.3. The Bertz CT molecular complexity index is 375. The molecule has 0 saturated carbocycles. The number of amides is 1. The van der Waals surface area contributed by atoms with Gasteiger partial charge in [0, 0.05) is 20.1 Å². The van der Waals surface area contributed by atoms with E-state index in [-0.39, 0.29) is 5.91 Å². The van der Waals surface area contributed by atoms with Crippen LogP contribution in [0, 0.1) is 0 Å². The number of benzene rings is 1. The maximum atomic E-state index is 11.8. The molecule has 0 radical (unpaired) electrons. The van der Waals surface area contributed by atoms with E-state index in [4.69, 9.17) is 0 Å². The number of hydrogen-bond acceptors (Lipinski definition) is 2. The minimum Gasteiger partial charge on any atom is -0.348 e. The summed E-state index contributed by atoms with van der Waals surface area (Å²) in [5.41, 5.74) is 1.33. The highest BCUT2D eigenvalue weighted by Crippen LogP contribution is 2.31. The highest BCUT2D eigenvalue weighted by atomic mass is 16.2. The predicted molar refractivity (Wildman–Crippen MR) is 68.7 cm³/mol. The lowest BCUT2D eigenvalue weighted by Crippen LogP contribution is -2.36. The first kappa shape index (κ1) is 12.1. The number of nitrogens with zero attached hydrogens (tertiary/aromatic N) is 2. The molecule has 1 aromatic carbocycles. The van der Waals surface area contributed by atoms with Crippen LogP contribution in [0.3, 0.4) is 0 Å². The van der Waals surface area contributed by atoms with Gasteiger partial charge in [0.15, 0.2) is 0 Å². The first-order chi connectivity index (χ1) is 8.18. The number of carbonyl (C=O) groups excluding carboxylic acids is 1. The monoisotopic (exact) mass is 232 g/mol. The van der Waals surface area contributed by atoms with E-state index in [1.165, 1.54) is 12.0 Å². The molecule has 3 heteroatoms. The summed E-state index contributed by atoms with van der Waals surface area (Å²) in [7, 11) is 3.63. The highest BCUT2D eigenvalue weighted by molar-refractivity contribution is 5.77. The van der Waals surface area contributed by atoms with Gasteiger partial charge in [-0.3, -0.25) is 9.69 Å². The lowest BCUT2D eigenvalue weighted by molar-refractivity contribution is -0.130.